The fourth-order valence-corrected chi connectivity index (χ4v) is 3.86. The van der Waals surface area contributed by atoms with Crippen LogP contribution in [-0.2, 0) is 29.2 Å². The monoisotopic (exact) mass is 439 g/mol. The van der Waals surface area contributed by atoms with Gasteiger partial charge in [0.15, 0.2) is 15.8 Å². The topological polar surface area (TPSA) is 88.4 Å². The first kappa shape index (κ1) is 22.6. The maximum atomic E-state index is 11.5. The molecule has 0 amide bonds. The summed E-state index contributed by atoms with van der Waals surface area (Å²) in [7, 11) is -1.42. The van der Waals surface area contributed by atoms with Gasteiger partial charge < -0.3 is 15.2 Å². The van der Waals surface area contributed by atoms with E-state index in [1.54, 1.807) is 19.2 Å². The molecule has 0 radical (unpaired) electrons. The molecule has 1 heterocycles. The summed E-state index contributed by atoms with van der Waals surface area (Å²) < 4.78 is 25.2. The van der Waals surface area contributed by atoms with Crippen molar-refractivity contribution in [2.24, 2.45) is 4.99 Å². The Hall–Kier alpha value is -3.13. The summed E-state index contributed by atoms with van der Waals surface area (Å²) in [5.74, 6) is 1.76. The van der Waals surface area contributed by atoms with Crippen molar-refractivity contribution in [1.82, 2.24) is 20.2 Å². The van der Waals surface area contributed by atoms with Gasteiger partial charge in [-0.15, -0.1) is 0 Å². The van der Waals surface area contributed by atoms with Crippen LogP contribution in [0.3, 0.4) is 0 Å². The van der Waals surface area contributed by atoms with Gasteiger partial charge in [-0.1, -0.05) is 42.5 Å². The lowest BCUT2D eigenvalue weighted by atomic mass is 10.1. The highest BCUT2D eigenvalue weighted by molar-refractivity contribution is 7.90. The predicted molar refractivity (Wildman–Crippen MR) is 124 cm³/mol. The number of imidazole rings is 1. The molecule has 0 bridgehead atoms. The van der Waals surface area contributed by atoms with Gasteiger partial charge in [0.1, 0.15) is 5.82 Å². The number of nitrogens with zero attached hydrogens (tertiary/aromatic N) is 3. The second-order valence-corrected chi connectivity index (χ2v) is 9.31. The van der Waals surface area contributed by atoms with E-state index in [1.165, 1.54) is 11.8 Å². The van der Waals surface area contributed by atoms with Crippen LogP contribution in [0.5, 0.6) is 0 Å². The summed E-state index contributed by atoms with van der Waals surface area (Å²) in [6, 6.07) is 17.3. The van der Waals surface area contributed by atoms with Gasteiger partial charge in [0.2, 0.25) is 0 Å². The van der Waals surface area contributed by atoms with Crippen LogP contribution in [-0.4, -0.2) is 50.3 Å². The number of hydrogen-bond donors (Lipinski definition) is 2. The average Bonchev–Trinajstić information content (AvgIpc) is 3.20. The summed E-state index contributed by atoms with van der Waals surface area (Å²) in [6.45, 7) is 2.22. The number of nitrogens with one attached hydrogen (secondary N) is 2. The molecule has 164 valence electrons. The van der Waals surface area contributed by atoms with E-state index in [4.69, 9.17) is 0 Å². The van der Waals surface area contributed by atoms with E-state index >= 15 is 0 Å². The standard InChI is InChI=1S/C23H29N5O2S/c1-24-23(26-14-12-19-8-10-21(11-9-19)31(2,29)30)27-15-13-22-25-16-17-28(22)18-20-6-4-3-5-7-20/h3-11,16-17H,12-15,18H2,1-2H3,(H2,24,26,27). The zero-order chi connectivity index (χ0) is 22.1. The minimum absolute atomic E-state index is 0.340. The van der Waals surface area contributed by atoms with E-state index in [0.29, 0.717) is 18.0 Å². The van der Waals surface area contributed by atoms with Gasteiger partial charge in [0, 0.05) is 51.8 Å². The van der Waals surface area contributed by atoms with Crippen LogP contribution >= 0.6 is 0 Å². The largest absolute Gasteiger partial charge is 0.356 e. The molecule has 0 spiro atoms. The van der Waals surface area contributed by atoms with Crippen molar-refractivity contribution in [1.29, 1.82) is 0 Å². The Balaban J connectivity index is 1.43. The van der Waals surface area contributed by atoms with Crippen LogP contribution in [0.25, 0.3) is 0 Å². The highest BCUT2D eigenvalue weighted by atomic mass is 32.2. The highest BCUT2D eigenvalue weighted by Gasteiger charge is 2.07. The van der Waals surface area contributed by atoms with Crippen molar-refractivity contribution >= 4 is 15.8 Å². The van der Waals surface area contributed by atoms with Gasteiger partial charge >= 0.3 is 0 Å². The molecule has 0 aliphatic rings. The van der Waals surface area contributed by atoms with Crippen molar-refractivity contribution in [3.05, 3.63) is 83.9 Å². The molecule has 0 unspecified atom stereocenters. The Morgan fingerprint density at radius 1 is 0.968 bits per heavy atom. The molecule has 2 aromatic carbocycles. The number of sulfone groups is 1. The Morgan fingerprint density at radius 3 is 2.29 bits per heavy atom. The number of benzene rings is 2. The van der Waals surface area contributed by atoms with Gasteiger partial charge in [0.25, 0.3) is 0 Å². The van der Waals surface area contributed by atoms with E-state index in [2.05, 4.69) is 37.3 Å². The van der Waals surface area contributed by atoms with Gasteiger partial charge in [-0.2, -0.15) is 0 Å². The lowest BCUT2D eigenvalue weighted by Gasteiger charge is -2.13. The van der Waals surface area contributed by atoms with Gasteiger partial charge in [0.05, 0.1) is 4.90 Å². The summed E-state index contributed by atoms with van der Waals surface area (Å²) in [4.78, 5) is 9.08. The zero-order valence-corrected chi connectivity index (χ0v) is 18.8. The SMILES string of the molecule is CN=C(NCCc1ccc(S(C)(=O)=O)cc1)NCCc1nccn1Cc1ccccc1. The lowest BCUT2D eigenvalue weighted by Crippen LogP contribution is -2.39. The first-order valence-corrected chi connectivity index (χ1v) is 12.1. The number of guanidine groups is 1. The van der Waals surface area contributed by atoms with Crippen LogP contribution in [0.1, 0.15) is 17.0 Å². The second kappa shape index (κ2) is 10.8. The maximum absolute atomic E-state index is 11.5. The van der Waals surface area contributed by atoms with Crippen molar-refractivity contribution in [3.63, 3.8) is 0 Å². The summed E-state index contributed by atoms with van der Waals surface area (Å²) in [6.07, 6.45) is 6.61. The third-order valence-corrected chi connectivity index (χ3v) is 6.05. The average molecular weight is 440 g/mol. The molecule has 0 fully saturated rings. The molecular formula is C23H29N5O2S. The van der Waals surface area contributed by atoms with Gasteiger partial charge in [-0.3, -0.25) is 4.99 Å². The van der Waals surface area contributed by atoms with Crippen molar-refractivity contribution < 1.29 is 8.42 Å². The smallest absolute Gasteiger partial charge is 0.191 e. The molecule has 7 nitrogen and oxygen atoms in total. The van der Waals surface area contributed by atoms with Crippen LogP contribution in [0.4, 0.5) is 0 Å². The molecule has 31 heavy (non-hydrogen) atoms. The highest BCUT2D eigenvalue weighted by Crippen LogP contribution is 2.10. The minimum atomic E-state index is -3.16. The molecule has 3 aromatic rings. The summed E-state index contributed by atoms with van der Waals surface area (Å²) in [5, 5.41) is 6.61. The van der Waals surface area contributed by atoms with Crippen molar-refractivity contribution in [2.45, 2.75) is 24.3 Å². The van der Waals surface area contributed by atoms with Crippen LogP contribution in [0.15, 0.2) is 76.9 Å². The maximum Gasteiger partial charge on any atom is 0.191 e. The molecule has 1 aromatic heterocycles. The van der Waals surface area contributed by atoms with E-state index in [-0.39, 0.29) is 0 Å². The Kier molecular flexibility index (Phi) is 7.83. The van der Waals surface area contributed by atoms with Gasteiger partial charge in [-0.05, 0) is 29.7 Å². The fourth-order valence-electron chi connectivity index (χ4n) is 3.23. The number of aromatic nitrogens is 2. The molecule has 0 saturated heterocycles. The predicted octanol–water partition coefficient (Wildman–Crippen LogP) is 2.29. The Bertz CT molecular complexity index is 1090. The quantitative estimate of drug-likeness (QED) is 0.395. The normalized spacial score (nSPS) is 12.0. The molecule has 2 N–H and O–H groups in total. The van der Waals surface area contributed by atoms with E-state index in [1.807, 2.05) is 42.7 Å². The zero-order valence-electron chi connectivity index (χ0n) is 18.0. The van der Waals surface area contributed by atoms with Crippen molar-refractivity contribution in [2.75, 3.05) is 26.4 Å². The van der Waals surface area contributed by atoms with E-state index in [0.717, 1.165) is 36.7 Å². The lowest BCUT2D eigenvalue weighted by molar-refractivity contribution is 0.602. The first-order valence-electron chi connectivity index (χ1n) is 10.2. The van der Waals surface area contributed by atoms with E-state index in [9.17, 15) is 8.42 Å². The molecule has 3 rings (SSSR count). The molecule has 8 heteroatoms. The minimum Gasteiger partial charge on any atom is -0.356 e. The van der Waals surface area contributed by atoms with E-state index < -0.39 is 9.84 Å². The third-order valence-electron chi connectivity index (χ3n) is 4.92. The number of hydrogen-bond acceptors (Lipinski definition) is 4. The third kappa shape index (κ3) is 6.96. The molecule has 0 saturated carbocycles. The molecular weight excluding hydrogens is 410 g/mol. The number of aliphatic imine (C=N–C) groups is 1. The van der Waals surface area contributed by atoms with Crippen LogP contribution < -0.4 is 10.6 Å². The van der Waals surface area contributed by atoms with Crippen LogP contribution in [0.2, 0.25) is 0 Å². The summed E-state index contributed by atoms with van der Waals surface area (Å²) in [5.41, 5.74) is 2.31. The second-order valence-electron chi connectivity index (χ2n) is 7.30. The first-order chi connectivity index (χ1) is 15.0. The van der Waals surface area contributed by atoms with Crippen LogP contribution in [0, 0.1) is 0 Å². The fraction of sp³-hybridized carbons (Fsp3) is 0.304. The molecule has 0 aliphatic carbocycles. The van der Waals surface area contributed by atoms with Crippen molar-refractivity contribution in [3.8, 4) is 0 Å². The summed E-state index contributed by atoms with van der Waals surface area (Å²) >= 11 is 0. The Morgan fingerprint density at radius 2 is 1.65 bits per heavy atom. The molecule has 0 atom stereocenters. The molecule has 0 aliphatic heterocycles. The Labute approximate surface area is 184 Å². The number of rotatable bonds is 9. The van der Waals surface area contributed by atoms with Gasteiger partial charge in [-0.25, -0.2) is 13.4 Å².